The van der Waals surface area contributed by atoms with Gasteiger partial charge in [0.25, 0.3) is 0 Å². The monoisotopic (exact) mass is 419 g/mol. The third kappa shape index (κ3) is 3.93. The molecule has 0 saturated heterocycles. The molecule has 6 nitrogen and oxygen atoms in total. The van der Waals surface area contributed by atoms with Crippen LogP contribution in [0.3, 0.4) is 0 Å². The Morgan fingerprint density at radius 3 is 2.50 bits per heavy atom. The summed E-state index contributed by atoms with van der Waals surface area (Å²) in [6.07, 6.45) is 9.79. The summed E-state index contributed by atoms with van der Waals surface area (Å²) in [5, 5.41) is 5.47. The van der Waals surface area contributed by atoms with Gasteiger partial charge in [-0.15, -0.1) is 11.3 Å². The first-order valence-electron chi connectivity index (χ1n) is 9.68. The second kappa shape index (κ2) is 7.48. The van der Waals surface area contributed by atoms with Crippen LogP contribution in [0.25, 0.3) is 0 Å². The molecule has 1 aromatic carbocycles. The predicted molar refractivity (Wildman–Crippen MR) is 112 cm³/mol. The average Bonchev–Trinajstić information content (AvgIpc) is 3.23. The second-order valence-corrected chi connectivity index (χ2v) is 10.6. The summed E-state index contributed by atoms with van der Waals surface area (Å²) in [7, 11) is -3.32. The SMILES string of the molecule is CS(=O)(=O)Nc1ccc(C2(C(=O)Nc3nccs3)CC2C2CCCCC2)cc1. The van der Waals surface area contributed by atoms with Gasteiger partial charge in [-0.1, -0.05) is 44.2 Å². The molecule has 0 aliphatic heterocycles. The van der Waals surface area contributed by atoms with Gasteiger partial charge in [0.05, 0.1) is 11.7 Å². The standard InChI is InChI=1S/C20H25N3O3S2/c1-28(25,26)23-16-9-7-15(8-10-16)20(18(24)22-19-21-11-12-27-19)13-17(20)14-5-3-2-4-6-14/h7-12,14,17,23H,2-6,13H2,1H3,(H,21,22,24). The second-order valence-electron chi connectivity index (χ2n) is 7.92. The van der Waals surface area contributed by atoms with E-state index in [0.717, 1.165) is 18.2 Å². The third-order valence-electron chi connectivity index (χ3n) is 5.99. The van der Waals surface area contributed by atoms with Crippen molar-refractivity contribution < 1.29 is 13.2 Å². The highest BCUT2D eigenvalue weighted by Crippen LogP contribution is 2.61. The maximum absolute atomic E-state index is 13.3. The smallest absolute Gasteiger partial charge is 0.237 e. The van der Waals surface area contributed by atoms with Gasteiger partial charge in [-0.3, -0.25) is 9.52 Å². The van der Waals surface area contributed by atoms with Gasteiger partial charge in [-0.2, -0.15) is 0 Å². The van der Waals surface area contributed by atoms with Crippen molar-refractivity contribution in [2.45, 2.75) is 43.9 Å². The number of aromatic nitrogens is 1. The van der Waals surface area contributed by atoms with E-state index in [1.807, 2.05) is 17.5 Å². The molecule has 28 heavy (non-hydrogen) atoms. The molecule has 4 rings (SSSR count). The number of sulfonamides is 1. The Hall–Kier alpha value is -1.93. The van der Waals surface area contributed by atoms with Gasteiger partial charge in [0.1, 0.15) is 0 Å². The van der Waals surface area contributed by atoms with E-state index < -0.39 is 15.4 Å². The molecule has 1 heterocycles. The van der Waals surface area contributed by atoms with Crippen LogP contribution in [0.15, 0.2) is 35.8 Å². The number of anilines is 2. The van der Waals surface area contributed by atoms with Gasteiger partial charge >= 0.3 is 0 Å². The van der Waals surface area contributed by atoms with E-state index in [4.69, 9.17) is 0 Å². The molecule has 2 unspecified atom stereocenters. The fourth-order valence-corrected chi connectivity index (χ4v) is 5.75. The van der Waals surface area contributed by atoms with Gasteiger partial charge in [0.15, 0.2) is 5.13 Å². The average molecular weight is 420 g/mol. The van der Waals surface area contributed by atoms with E-state index in [1.54, 1.807) is 18.3 Å². The molecule has 1 amide bonds. The molecule has 2 aliphatic carbocycles. The zero-order chi connectivity index (χ0) is 19.8. The number of carbonyl (C=O) groups excluding carboxylic acids is 1. The van der Waals surface area contributed by atoms with Gasteiger partial charge < -0.3 is 5.32 Å². The summed E-state index contributed by atoms with van der Waals surface area (Å²) in [6.45, 7) is 0. The Morgan fingerprint density at radius 2 is 1.89 bits per heavy atom. The van der Waals surface area contributed by atoms with Crippen LogP contribution >= 0.6 is 11.3 Å². The lowest BCUT2D eigenvalue weighted by Gasteiger charge is -2.25. The molecule has 2 saturated carbocycles. The predicted octanol–water partition coefficient (Wildman–Crippen LogP) is 3.99. The van der Waals surface area contributed by atoms with Crippen LogP contribution in [0, 0.1) is 11.8 Å². The minimum Gasteiger partial charge on any atom is -0.301 e. The van der Waals surface area contributed by atoms with E-state index in [-0.39, 0.29) is 5.91 Å². The highest BCUT2D eigenvalue weighted by Gasteiger charge is 2.63. The molecule has 0 radical (unpaired) electrons. The van der Waals surface area contributed by atoms with Crippen molar-refractivity contribution in [3.63, 3.8) is 0 Å². The Bertz CT molecular complexity index is 936. The van der Waals surface area contributed by atoms with Crippen molar-refractivity contribution in [1.82, 2.24) is 4.98 Å². The molecule has 0 spiro atoms. The number of nitrogens with one attached hydrogen (secondary N) is 2. The van der Waals surface area contributed by atoms with Crippen LogP contribution in [-0.2, 0) is 20.2 Å². The normalized spacial score (nSPS) is 25.2. The maximum atomic E-state index is 13.3. The van der Waals surface area contributed by atoms with E-state index in [0.29, 0.717) is 22.7 Å². The van der Waals surface area contributed by atoms with Crippen molar-refractivity contribution in [2.24, 2.45) is 11.8 Å². The minimum absolute atomic E-state index is 0.00171. The lowest BCUT2D eigenvalue weighted by Crippen LogP contribution is -2.32. The van der Waals surface area contributed by atoms with Crippen LogP contribution in [0.1, 0.15) is 44.1 Å². The molecule has 150 valence electrons. The fourth-order valence-electron chi connectivity index (χ4n) is 4.66. The van der Waals surface area contributed by atoms with Crippen LogP contribution in [0.2, 0.25) is 0 Å². The number of nitrogens with zero attached hydrogens (tertiary/aromatic N) is 1. The number of carbonyl (C=O) groups is 1. The zero-order valence-electron chi connectivity index (χ0n) is 15.8. The van der Waals surface area contributed by atoms with Crippen molar-refractivity contribution in [2.75, 3.05) is 16.3 Å². The Morgan fingerprint density at radius 1 is 1.18 bits per heavy atom. The van der Waals surface area contributed by atoms with Crippen molar-refractivity contribution in [3.8, 4) is 0 Å². The van der Waals surface area contributed by atoms with Gasteiger partial charge in [0.2, 0.25) is 15.9 Å². The Labute approximate surface area is 169 Å². The number of thiazole rings is 1. The molecule has 0 bridgehead atoms. The molecular weight excluding hydrogens is 394 g/mol. The van der Waals surface area contributed by atoms with E-state index in [9.17, 15) is 13.2 Å². The number of hydrogen-bond donors (Lipinski definition) is 2. The first-order valence-corrected chi connectivity index (χ1v) is 12.4. The molecule has 1 aromatic heterocycles. The Balaban J connectivity index is 1.61. The summed E-state index contributed by atoms with van der Waals surface area (Å²) in [6, 6.07) is 7.26. The lowest BCUT2D eigenvalue weighted by molar-refractivity contribution is -0.119. The quantitative estimate of drug-likeness (QED) is 0.741. The van der Waals surface area contributed by atoms with Crippen molar-refractivity contribution in [1.29, 1.82) is 0 Å². The maximum Gasteiger partial charge on any atom is 0.237 e. The van der Waals surface area contributed by atoms with Gasteiger partial charge in [-0.25, -0.2) is 13.4 Å². The van der Waals surface area contributed by atoms with Crippen LogP contribution in [-0.4, -0.2) is 25.6 Å². The summed E-state index contributed by atoms with van der Waals surface area (Å²) < 4.78 is 25.4. The Kier molecular flexibility index (Phi) is 5.18. The summed E-state index contributed by atoms with van der Waals surface area (Å²) >= 11 is 1.42. The zero-order valence-corrected chi connectivity index (χ0v) is 17.5. The van der Waals surface area contributed by atoms with E-state index in [2.05, 4.69) is 15.0 Å². The number of rotatable bonds is 6. The number of benzene rings is 1. The molecule has 2 atom stereocenters. The van der Waals surface area contributed by atoms with E-state index in [1.165, 1.54) is 43.4 Å². The van der Waals surface area contributed by atoms with Crippen LogP contribution < -0.4 is 10.0 Å². The highest BCUT2D eigenvalue weighted by molar-refractivity contribution is 7.92. The topological polar surface area (TPSA) is 88.2 Å². The van der Waals surface area contributed by atoms with E-state index >= 15 is 0 Å². The third-order valence-corrected chi connectivity index (χ3v) is 7.29. The summed E-state index contributed by atoms with van der Waals surface area (Å²) in [4.78, 5) is 17.5. The fraction of sp³-hybridized carbons (Fsp3) is 0.500. The van der Waals surface area contributed by atoms with Crippen LogP contribution in [0.5, 0.6) is 0 Å². The van der Waals surface area contributed by atoms with Crippen molar-refractivity contribution >= 4 is 38.1 Å². The summed E-state index contributed by atoms with van der Waals surface area (Å²) in [5.41, 5.74) is 0.921. The molecule has 2 N–H and O–H groups in total. The number of amides is 1. The first kappa shape index (κ1) is 19.4. The number of hydrogen-bond acceptors (Lipinski definition) is 5. The molecule has 2 aromatic rings. The molecule has 2 fully saturated rings. The first-order chi connectivity index (χ1) is 13.4. The largest absolute Gasteiger partial charge is 0.301 e. The van der Waals surface area contributed by atoms with Crippen LogP contribution in [0.4, 0.5) is 10.8 Å². The molecule has 8 heteroatoms. The molecular formula is C20H25N3O3S2. The van der Waals surface area contributed by atoms with Gasteiger partial charge in [-0.05, 0) is 36.0 Å². The molecule has 2 aliphatic rings. The van der Waals surface area contributed by atoms with Gasteiger partial charge in [0, 0.05) is 17.3 Å². The van der Waals surface area contributed by atoms with Crippen molar-refractivity contribution in [3.05, 3.63) is 41.4 Å². The summed E-state index contributed by atoms with van der Waals surface area (Å²) in [5.74, 6) is 0.910. The lowest BCUT2D eigenvalue weighted by atomic mass is 9.80. The highest BCUT2D eigenvalue weighted by atomic mass is 32.2. The minimum atomic E-state index is -3.32.